The molecule has 1 heterocycles. The van der Waals surface area contributed by atoms with Gasteiger partial charge in [-0.05, 0) is 31.9 Å². The Morgan fingerprint density at radius 3 is 2.24 bits per heavy atom. The van der Waals surface area contributed by atoms with Crippen molar-refractivity contribution in [2.24, 2.45) is 0 Å². The largest absolute Gasteiger partial charge is 0.420 e. The second-order valence-electron chi connectivity index (χ2n) is 5.62. The zero-order valence-corrected chi connectivity index (χ0v) is 14.6. The first-order valence-corrected chi connectivity index (χ1v) is 10.3. The molecule has 1 saturated heterocycles. The van der Waals surface area contributed by atoms with Gasteiger partial charge in [0.15, 0.2) is 0 Å². The van der Waals surface area contributed by atoms with Gasteiger partial charge >= 0.3 is 8.72 Å². The van der Waals surface area contributed by atoms with Gasteiger partial charge in [0.25, 0.3) is 0 Å². The van der Waals surface area contributed by atoms with Crippen LogP contribution in [0.15, 0.2) is 0 Å². The molecule has 0 aromatic rings. The molecule has 0 amide bonds. The number of nitrogens with zero attached hydrogens (tertiary/aromatic N) is 1. The number of rotatable bonds is 7. The molecular weight excluding hydrogens is 246 g/mol. The van der Waals surface area contributed by atoms with Crippen molar-refractivity contribution >= 4 is 18.4 Å². The van der Waals surface area contributed by atoms with Gasteiger partial charge in [-0.25, -0.2) is 0 Å². The smallest absolute Gasteiger partial charge is 0.383 e. The van der Waals surface area contributed by atoms with E-state index in [4.69, 9.17) is 8.85 Å². The zero-order valence-electron chi connectivity index (χ0n) is 12.2. The minimum Gasteiger partial charge on any atom is -0.383 e. The predicted octanol–water partition coefficient (Wildman–Crippen LogP) is 2.40. The minimum atomic E-state index is -1.99. The van der Waals surface area contributed by atoms with Crippen LogP contribution in [0.3, 0.4) is 0 Å². The Morgan fingerprint density at radius 2 is 1.76 bits per heavy atom. The molecule has 1 fully saturated rings. The Hall–Kier alpha value is 0.314. The van der Waals surface area contributed by atoms with Gasteiger partial charge in [-0.3, -0.25) is 0 Å². The predicted molar refractivity (Wildman–Crippen MR) is 78.0 cm³/mol. The summed E-state index contributed by atoms with van der Waals surface area (Å²) in [6.45, 7) is 14.1. The zero-order chi connectivity index (χ0) is 12.9. The molecule has 0 radical (unpaired) electrons. The highest BCUT2D eigenvalue weighted by molar-refractivity contribution is 6.73. The van der Waals surface area contributed by atoms with E-state index in [1.54, 1.807) is 0 Å². The molecule has 17 heavy (non-hydrogen) atoms. The normalized spacial score (nSPS) is 21.7. The van der Waals surface area contributed by atoms with Crippen molar-refractivity contribution in [1.82, 2.24) is 4.23 Å². The molecule has 1 aliphatic heterocycles. The average molecular weight is 276 g/mol. The van der Waals surface area contributed by atoms with Crippen molar-refractivity contribution in [2.45, 2.75) is 58.5 Å². The molecule has 0 N–H and O–H groups in total. The molecule has 102 valence electrons. The maximum Gasteiger partial charge on any atom is 0.420 e. The van der Waals surface area contributed by atoms with E-state index in [0.717, 1.165) is 13.2 Å². The quantitative estimate of drug-likeness (QED) is 0.666. The van der Waals surface area contributed by atoms with Gasteiger partial charge in [-0.15, -0.1) is 0 Å². The molecule has 0 unspecified atom stereocenters. The van der Waals surface area contributed by atoms with Crippen molar-refractivity contribution in [2.75, 3.05) is 19.8 Å². The third kappa shape index (κ3) is 3.89. The monoisotopic (exact) mass is 275 g/mol. The van der Waals surface area contributed by atoms with Crippen LogP contribution in [-0.2, 0) is 8.85 Å². The van der Waals surface area contributed by atoms with E-state index in [1.165, 1.54) is 25.4 Å². The third-order valence-electron chi connectivity index (χ3n) is 3.72. The SMILES string of the molecule is CCO[Si]1(OCC)CCCN1[SiH2]C(C)(C)CC. The molecule has 0 aromatic heterocycles. The molecule has 5 heteroatoms. The summed E-state index contributed by atoms with van der Waals surface area (Å²) in [7, 11) is -2.28. The van der Waals surface area contributed by atoms with Crippen LogP contribution in [0.5, 0.6) is 0 Å². The topological polar surface area (TPSA) is 21.7 Å². The second kappa shape index (κ2) is 6.47. The average Bonchev–Trinajstić information content (AvgIpc) is 2.62. The maximum atomic E-state index is 6.11. The van der Waals surface area contributed by atoms with Crippen LogP contribution in [0.4, 0.5) is 0 Å². The van der Waals surface area contributed by atoms with Crippen LogP contribution < -0.4 is 0 Å². The van der Waals surface area contributed by atoms with Crippen LogP contribution in [-0.4, -0.2) is 42.4 Å². The molecular formula is C12H29NO2Si2. The van der Waals surface area contributed by atoms with E-state index in [0.29, 0.717) is 5.04 Å². The van der Waals surface area contributed by atoms with Gasteiger partial charge in [0, 0.05) is 19.3 Å². The molecule has 0 aromatic carbocycles. The van der Waals surface area contributed by atoms with Crippen LogP contribution >= 0.6 is 0 Å². The summed E-state index contributed by atoms with van der Waals surface area (Å²) in [6.07, 6.45) is 2.53. The third-order valence-corrected chi connectivity index (χ3v) is 11.3. The Labute approximate surface area is 110 Å². The fraction of sp³-hybridized carbons (Fsp3) is 1.00. The summed E-state index contributed by atoms with van der Waals surface area (Å²) >= 11 is 0. The van der Waals surface area contributed by atoms with Gasteiger partial charge in [0.2, 0.25) is 0 Å². The van der Waals surface area contributed by atoms with E-state index in [9.17, 15) is 0 Å². The van der Waals surface area contributed by atoms with E-state index in [1.807, 2.05) is 0 Å². The fourth-order valence-electron chi connectivity index (χ4n) is 2.47. The van der Waals surface area contributed by atoms with E-state index < -0.39 is 8.72 Å². The van der Waals surface area contributed by atoms with Crippen LogP contribution in [0, 0.1) is 0 Å². The van der Waals surface area contributed by atoms with Crippen molar-refractivity contribution in [1.29, 1.82) is 0 Å². The van der Waals surface area contributed by atoms with Crippen molar-refractivity contribution in [3.63, 3.8) is 0 Å². The minimum absolute atomic E-state index is 0.284. The van der Waals surface area contributed by atoms with Gasteiger partial charge in [-0.1, -0.05) is 27.2 Å². The van der Waals surface area contributed by atoms with Gasteiger partial charge < -0.3 is 13.1 Å². The standard InChI is InChI=1S/C12H29NO2Si2/c1-6-12(4,5)16-13-10-9-11-17(13,14-7-2)15-8-3/h6-11,16H2,1-5H3. The summed E-state index contributed by atoms with van der Waals surface area (Å²) in [5, 5.41) is 0.497. The lowest BCUT2D eigenvalue weighted by Crippen LogP contribution is -2.57. The lowest BCUT2D eigenvalue weighted by molar-refractivity contribution is 0.158. The molecule has 0 aliphatic carbocycles. The highest BCUT2D eigenvalue weighted by Gasteiger charge is 2.49. The van der Waals surface area contributed by atoms with Gasteiger partial charge in [-0.2, -0.15) is 0 Å². The highest BCUT2D eigenvalue weighted by atomic mass is 28.4. The second-order valence-corrected chi connectivity index (χ2v) is 12.4. The van der Waals surface area contributed by atoms with Crippen LogP contribution in [0.25, 0.3) is 0 Å². The van der Waals surface area contributed by atoms with Crippen LogP contribution in [0.2, 0.25) is 11.1 Å². The fourth-order valence-corrected chi connectivity index (χ4v) is 10.4. The summed E-state index contributed by atoms with van der Waals surface area (Å²) in [6, 6.07) is 1.17. The van der Waals surface area contributed by atoms with Crippen molar-refractivity contribution in [3.05, 3.63) is 0 Å². The molecule has 0 spiro atoms. The summed E-state index contributed by atoms with van der Waals surface area (Å²) in [5.74, 6) is 0. The Bertz CT molecular complexity index is 231. The maximum absolute atomic E-state index is 6.11. The molecule has 1 rings (SSSR count). The molecule has 0 saturated carbocycles. The lowest BCUT2D eigenvalue weighted by Gasteiger charge is -2.38. The Kier molecular flexibility index (Phi) is 5.85. The summed E-state index contributed by atoms with van der Waals surface area (Å²) in [5.41, 5.74) is 0. The molecule has 0 atom stereocenters. The highest BCUT2D eigenvalue weighted by Crippen LogP contribution is 2.34. The first-order valence-electron chi connectivity index (χ1n) is 7.02. The number of hydrogen-bond acceptors (Lipinski definition) is 3. The Morgan fingerprint density at radius 1 is 1.18 bits per heavy atom. The first kappa shape index (κ1) is 15.4. The van der Waals surface area contributed by atoms with Crippen LogP contribution in [0.1, 0.15) is 47.5 Å². The van der Waals surface area contributed by atoms with Gasteiger partial charge in [0.05, 0.1) is 9.68 Å². The molecule has 3 nitrogen and oxygen atoms in total. The van der Waals surface area contributed by atoms with E-state index >= 15 is 0 Å². The van der Waals surface area contributed by atoms with Crippen molar-refractivity contribution in [3.8, 4) is 0 Å². The molecule has 1 aliphatic rings. The van der Waals surface area contributed by atoms with Crippen molar-refractivity contribution < 1.29 is 8.85 Å². The first-order chi connectivity index (χ1) is 7.99. The van der Waals surface area contributed by atoms with Gasteiger partial charge in [0.1, 0.15) is 0 Å². The lowest BCUT2D eigenvalue weighted by atomic mass is 10.1. The number of hydrogen-bond donors (Lipinski definition) is 0. The molecule has 0 bridgehead atoms. The summed E-state index contributed by atoms with van der Waals surface area (Å²) < 4.78 is 14.9. The van der Waals surface area contributed by atoms with E-state index in [-0.39, 0.29) is 9.68 Å². The Balaban J connectivity index is 2.74. The van der Waals surface area contributed by atoms with E-state index in [2.05, 4.69) is 38.8 Å². The summed E-state index contributed by atoms with van der Waals surface area (Å²) in [4.78, 5) is 0.